The van der Waals surface area contributed by atoms with Gasteiger partial charge in [0.05, 0.1) is 22.4 Å². The molecule has 8 heterocycles. The molecule has 0 spiro atoms. The predicted molar refractivity (Wildman–Crippen MR) is 276 cm³/mol. The molecule has 372 valence electrons. The Hall–Kier alpha value is -6.64. The van der Waals surface area contributed by atoms with Gasteiger partial charge in [-0.2, -0.15) is 0 Å². The van der Waals surface area contributed by atoms with Crippen molar-refractivity contribution in [2.24, 2.45) is 11.8 Å². The summed E-state index contributed by atoms with van der Waals surface area (Å²) in [6, 6.07) is 28.3. The van der Waals surface area contributed by atoms with Crippen molar-refractivity contribution in [3.63, 3.8) is 0 Å². The molecule has 6 aliphatic rings. The quantitative estimate of drug-likeness (QED) is 0.127. The largest absolute Gasteiger partial charge is 0.486 e. The zero-order chi connectivity index (χ0) is 48.7. The summed E-state index contributed by atoms with van der Waals surface area (Å²) in [6.07, 6.45) is 10.6. The number of rotatable bonds is 9. The van der Waals surface area contributed by atoms with E-state index < -0.39 is 0 Å². The van der Waals surface area contributed by atoms with E-state index in [9.17, 15) is 9.59 Å². The number of fused-ring (bicyclic) bond motifs is 8. The fourth-order valence-corrected chi connectivity index (χ4v) is 10.3. The van der Waals surface area contributed by atoms with E-state index in [0.29, 0.717) is 13.2 Å². The number of hydrogen-bond donors (Lipinski definition) is 3. The molecule has 0 unspecified atom stereocenters. The summed E-state index contributed by atoms with van der Waals surface area (Å²) >= 11 is 0. The van der Waals surface area contributed by atoms with E-state index in [-0.39, 0.29) is 37.2 Å². The summed E-state index contributed by atoms with van der Waals surface area (Å²) in [5.41, 5.74) is 8.07. The maximum atomic E-state index is 11.6. The minimum absolute atomic E-state index is 0.0267. The minimum Gasteiger partial charge on any atom is -0.486 e. The number of pyridine rings is 2. The molecule has 3 N–H and O–H groups in total. The molecule has 14 nitrogen and oxygen atoms in total. The Balaban J connectivity index is 0.000000136. The van der Waals surface area contributed by atoms with Crippen molar-refractivity contribution in [1.29, 1.82) is 0 Å². The number of aryl methyl sites for hydroxylation is 4. The molecule has 2 aromatic heterocycles. The van der Waals surface area contributed by atoms with Gasteiger partial charge in [0.1, 0.15) is 36.9 Å². The van der Waals surface area contributed by atoms with Crippen LogP contribution in [0, 0.1) is 25.7 Å². The summed E-state index contributed by atoms with van der Waals surface area (Å²) in [7, 11) is 0. The maximum Gasteiger partial charge on any atom is 0.262 e. The third-order valence-electron chi connectivity index (χ3n) is 14.4. The lowest BCUT2D eigenvalue weighted by Crippen LogP contribution is -2.44. The van der Waals surface area contributed by atoms with Gasteiger partial charge in [-0.05, 0) is 194 Å². The lowest BCUT2D eigenvalue weighted by atomic mass is 9.90. The SMILES string of the molecule is CC[C@H]1COc2ccc3nc(C)ccc3c2O1.Cc1ccc2c3c(ccc2n1)OC[C@H](CN1CCC(CCc2ccc4c(c2)NC(=O)CO4)CC1)O3.O=C1COc2ccc(CCC3CCNCC3)cc2N1. The van der Waals surface area contributed by atoms with E-state index in [1.54, 1.807) is 0 Å². The molecular weight excluding hydrogens is 897 g/mol. The normalized spacial score (nSPS) is 19.6. The highest BCUT2D eigenvalue weighted by atomic mass is 16.6. The number of nitrogens with zero attached hydrogens (tertiary/aromatic N) is 3. The van der Waals surface area contributed by atoms with Crippen molar-refractivity contribution in [2.45, 2.75) is 90.8 Å². The van der Waals surface area contributed by atoms with Gasteiger partial charge in [0, 0.05) is 28.7 Å². The number of hydrogen-bond acceptors (Lipinski definition) is 12. The molecule has 0 bridgehead atoms. The molecule has 71 heavy (non-hydrogen) atoms. The third-order valence-corrected chi connectivity index (χ3v) is 14.4. The van der Waals surface area contributed by atoms with Crippen molar-refractivity contribution >= 4 is 45.0 Å². The molecule has 4 aromatic carbocycles. The number of aromatic nitrogens is 2. The van der Waals surface area contributed by atoms with Gasteiger partial charge in [-0.3, -0.25) is 24.5 Å². The topological polar surface area (TPSA) is 155 Å². The number of ether oxygens (including phenoxy) is 6. The van der Waals surface area contributed by atoms with Crippen molar-refractivity contribution in [1.82, 2.24) is 20.2 Å². The van der Waals surface area contributed by atoms with Crippen molar-refractivity contribution in [3.8, 4) is 34.5 Å². The lowest BCUT2D eigenvalue weighted by Gasteiger charge is -2.36. The smallest absolute Gasteiger partial charge is 0.262 e. The molecule has 2 fully saturated rings. The van der Waals surface area contributed by atoms with Crippen LogP contribution < -0.4 is 44.4 Å². The zero-order valence-electron chi connectivity index (χ0n) is 41.2. The van der Waals surface area contributed by atoms with Crippen LogP contribution in [-0.4, -0.2) is 98.0 Å². The van der Waals surface area contributed by atoms with Crippen LogP contribution in [0.15, 0.2) is 84.9 Å². The first-order valence-corrected chi connectivity index (χ1v) is 25.6. The molecule has 12 rings (SSSR count). The molecule has 0 radical (unpaired) electrons. The predicted octanol–water partition coefficient (Wildman–Crippen LogP) is 9.40. The Kier molecular flexibility index (Phi) is 15.0. The van der Waals surface area contributed by atoms with Crippen LogP contribution in [0.1, 0.15) is 74.4 Å². The van der Waals surface area contributed by atoms with Gasteiger partial charge in [-0.25, -0.2) is 0 Å². The Labute approximate surface area is 416 Å². The van der Waals surface area contributed by atoms with Crippen molar-refractivity contribution in [2.75, 3.05) is 69.8 Å². The second kappa shape index (κ2) is 22.2. The van der Waals surface area contributed by atoms with Gasteiger partial charge < -0.3 is 44.4 Å². The van der Waals surface area contributed by atoms with E-state index in [2.05, 4.69) is 68.1 Å². The molecule has 14 heteroatoms. The van der Waals surface area contributed by atoms with Crippen LogP contribution in [0.5, 0.6) is 34.5 Å². The van der Waals surface area contributed by atoms with E-state index in [4.69, 9.17) is 28.4 Å². The van der Waals surface area contributed by atoms with Gasteiger partial charge in [-0.1, -0.05) is 19.1 Å². The molecule has 6 aromatic rings. The fraction of sp³-hybridized carbons (Fsp3) is 0.439. The third kappa shape index (κ3) is 11.9. The van der Waals surface area contributed by atoms with E-state index in [1.165, 1.54) is 43.2 Å². The van der Waals surface area contributed by atoms with Crippen molar-refractivity contribution < 1.29 is 38.0 Å². The molecular formula is C57H66N6O8. The van der Waals surface area contributed by atoms with Crippen LogP contribution in [-0.2, 0) is 22.4 Å². The Bertz CT molecular complexity index is 2860. The molecule has 0 aliphatic carbocycles. The van der Waals surface area contributed by atoms with Gasteiger partial charge in [-0.15, -0.1) is 0 Å². The lowest BCUT2D eigenvalue weighted by molar-refractivity contribution is -0.119. The van der Waals surface area contributed by atoms with Crippen LogP contribution in [0.25, 0.3) is 21.8 Å². The fourth-order valence-electron chi connectivity index (χ4n) is 10.3. The van der Waals surface area contributed by atoms with Crippen LogP contribution >= 0.6 is 0 Å². The van der Waals surface area contributed by atoms with Gasteiger partial charge in [0.2, 0.25) is 0 Å². The molecule has 0 saturated carbocycles. The number of amides is 2. The van der Waals surface area contributed by atoms with E-state index >= 15 is 0 Å². The minimum atomic E-state index is -0.0854. The summed E-state index contributed by atoms with van der Waals surface area (Å²) in [5.74, 6) is 6.25. The number of anilines is 2. The first kappa shape index (κ1) is 48.0. The first-order chi connectivity index (χ1) is 34.7. The Morgan fingerprint density at radius 1 is 0.577 bits per heavy atom. The van der Waals surface area contributed by atoms with E-state index in [1.807, 2.05) is 68.4 Å². The number of carbonyl (C=O) groups is 2. The van der Waals surface area contributed by atoms with Crippen LogP contribution in [0.4, 0.5) is 11.4 Å². The molecule has 2 saturated heterocycles. The molecule has 2 amide bonds. The second-order valence-electron chi connectivity index (χ2n) is 19.7. The zero-order valence-corrected chi connectivity index (χ0v) is 41.2. The summed E-state index contributed by atoms with van der Waals surface area (Å²) in [5, 5.41) is 11.2. The average molecular weight is 963 g/mol. The Morgan fingerprint density at radius 3 is 1.61 bits per heavy atom. The van der Waals surface area contributed by atoms with Crippen molar-refractivity contribution in [3.05, 3.63) is 107 Å². The van der Waals surface area contributed by atoms with Crippen LogP contribution in [0.3, 0.4) is 0 Å². The summed E-state index contributed by atoms with van der Waals surface area (Å²) in [6.45, 7) is 12.9. The summed E-state index contributed by atoms with van der Waals surface area (Å²) in [4.78, 5) is 34.5. The highest BCUT2D eigenvalue weighted by molar-refractivity contribution is 5.96. The Morgan fingerprint density at radius 2 is 1.07 bits per heavy atom. The monoisotopic (exact) mass is 962 g/mol. The molecule has 2 atom stereocenters. The standard InChI is InChI=1S/C28H31N3O4.C15H20N2O2.C14H15NO2/c1-18-2-6-22-23(29-18)7-9-26-28(22)35-21(16-33-26)15-31-12-10-19(11-13-31)3-4-20-5-8-25-24(14-20)30-27(32)17-34-25;18-15-10-19-14-4-3-12(9-13(14)17-15)2-1-11-5-7-16-8-6-11;1-3-10-8-16-13-7-6-12-11(14(13)17-10)5-4-9(2)15-12/h2,5-9,14,19,21H,3-4,10-13,15-17H2,1H3,(H,30,32);3-4,9,11,16H,1-2,5-8,10H2,(H,17,18);4-7,10H,3,8H2,1-2H3/t21-;;10-/m0.0/s1. The average Bonchev–Trinajstić information content (AvgIpc) is 3.40. The van der Waals surface area contributed by atoms with E-state index in [0.717, 1.165) is 149 Å². The first-order valence-electron chi connectivity index (χ1n) is 25.6. The highest BCUT2D eigenvalue weighted by Gasteiger charge is 2.28. The number of benzene rings is 4. The highest BCUT2D eigenvalue weighted by Crippen LogP contribution is 2.40. The van der Waals surface area contributed by atoms with Gasteiger partial charge >= 0.3 is 0 Å². The maximum absolute atomic E-state index is 11.6. The summed E-state index contributed by atoms with van der Waals surface area (Å²) < 4.78 is 35.0. The number of likely N-dealkylation sites (tertiary alicyclic amines) is 1. The number of carbonyl (C=O) groups excluding carboxylic acids is 2. The number of piperidine rings is 2. The van der Waals surface area contributed by atoms with Gasteiger partial charge in [0.25, 0.3) is 11.8 Å². The number of nitrogens with one attached hydrogen (secondary N) is 3. The second-order valence-corrected chi connectivity index (χ2v) is 19.7. The van der Waals surface area contributed by atoms with Gasteiger partial charge in [0.15, 0.2) is 36.2 Å². The molecule has 6 aliphatic heterocycles. The van der Waals surface area contributed by atoms with Crippen LogP contribution in [0.2, 0.25) is 0 Å².